The Bertz CT molecular complexity index is 302. The highest BCUT2D eigenvalue weighted by Gasteiger charge is 2.17. The Morgan fingerprint density at radius 3 is 2.78 bits per heavy atom. The van der Waals surface area contributed by atoms with Crippen LogP contribution in [0.1, 0.15) is 25.7 Å². The summed E-state index contributed by atoms with van der Waals surface area (Å²) in [5, 5.41) is 3.25. The molecule has 0 saturated carbocycles. The van der Waals surface area contributed by atoms with Crippen molar-refractivity contribution in [3.05, 3.63) is 18.7 Å². The second kappa shape index (κ2) is 7.54. The van der Waals surface area contributed by atoms with Crippen molar-refractivity contribution in [1.82, 2.24) is 19.8 Å². The molecule has 1 aliphatic rings. The Labute approximate surface area is 110 Å². The zero-order valence-electron chi connectivity index (χ0n) is 11.5. The van der Waals surface area contributed by atoms with Crippen molar-refractivity contribution in [2.75, 3.05) is 33.2 Å². The minimum Gasteiger partial charge on any atom is -0.337 e. The van der Waals surface area contributed by atoms with Crippen LogP contribution >= 0.6 is 0 Å². The molecule has 2 rings (SSSR count). The Morgan fingerprint density at radius 2 is 2.11 bits per heavy atom. The molecule has 1 aromatic rings. The normalized spacial score (nSPS) is 18.3. The molecular weight excluding hydrogens is 224 g/mol. The fourth-order valence-corrected chi connectivity index (χ4v) is 2.74. The number of hydrogen-bond donors (Lipinski definition) is 1. The van der Waals surface area contributed by atoms with Crippen molar-refractivity contribution < 1.29 is 0 Å². The fourth-order valence-electron chi connectivity index (χ4n) is 2.74. The van der Waals surface area contributed by atoms with E-state index in [1.54, 1.807) is 0 Å². The zero-order chi connectivity index (χ0) is 12.6. The summed E-state index contributed by atoms with van der Waals surface area (Å²) in [5.74, 6) is 0.947. The van der Waals surface area contributed by atoms with Gasteiger partial charge in [0, 0.05) is 18.9 Å². The first-order chi connectivity index (χ1) is 8.88. The molecule has 0 aliphatic carbocycles. The van der Waals surface area contributed by atoms with Gasteiger partial charge in [0.25, 0.3) is 0 Å². The molecule has 0 radical (unpaired) electrons. The summed E-state index contributed by atoms with van der Waals surface area (Å²) in [6, 6.07) is 0. The van der Waals surface area contributed by atoms with Crippen molar-refractivity contribution in [2.45, 2.75) is 32.2 Å². The highest BCUT2D eigenvalue weighted by Crippen LogP contribution is 2.19. The maximum absolute atomic E-state index is 4.07. The van der Waals surface area contributed by atoms with E-state index >= 15 is 0 Å². The summed E-state index contributed by atoms with van der Waals surface area (Å²) in [5.41, 5.74) is 0. The van der Waals surface area contributed by atoms with Crippen LogP contribution in [0.5, 0.6) is 0 Å². The summed E-state index contributed by atoms with van der Waals surface area (Å²) >= 11 is 0. The van der Waals surface area contributed by atoms with Crippen LogP contribution in [-0.4, -0.2) is 47.7 Å². The molecule has 0 unspecified atom stereocenters. The fraction of sp³-hybridized carbons (Fsp3) is 0.786. The van der Waals surface area contributed by atoms with E-state index in [9.17, 15) is 0 Å². The predicted octanol–water partition coefficient (Wildman–Crippen LogP) is 1.59. The molecule has 18 heavy (non-hydrogen) atoms. The van der Waals surface area contributed by atoms with Crippen LogP contribution in [-0.2, 0) is 6.54 Å². The average Bonchev–Trinajstić information content (AvgIpc) is 2.91. The molecule has 1 N–H and O–H groups in total. The molecule has 4 nitrogen and oxygen atoms in total. The number of nitrogens with one attached hydrogen (secondary N) is 1. The van der Waals surface area contributed by atoms with Crippen molar-refractivity contribution in [1.29, 1.82) is 0 Å². The van der Waals surface area contributed by atoms with E-state index < -0.39 is 0 Å². The van der Waals surface area contributed by atoms with Crippen molar-refractivity contribution >= 4 is 0 Å². The predicted molar refractivity (Wildman–Crippen MR) is 74.6 cm³/mol. The number of piperidine rings is 1. The van der Waals surface area contributed by atoms with Crippen LogP contribution in [0.4, 0.5) is 0 Å². The lowest BCUT2D eigenvalue weighted by molar-refractivity contribution is 0.175. The maximum Gasteiger partial charge on any atom is 0.0945 e. The van der Waals surface area contributed by atoms with E-state index in [4.69, 9.17) is 0 Å². The van der Waals surface area contributed by atoms with Crippen molar-refractivity contribution in [2.24, 2.45) is 5.92 Å². The smallest absolute Gasteiger partial charge is 0.0945 e. The number of nitrogens with zero attached hydrogens (tertiary/aromatic N) is 3. The van der Waals surface area contributed by atoms with Gasteiger partial charge in [0.2, 0.25) is 0 Å². The standard InChI is InChI=1S/C14H26N4/c1-15-6-3-14-4-10-17(11-5-14)8-2-9-18-12-7-16-13-18/h7,12-15H,2-6,8-11H2,1H3. The number of aryl methyl sites for hydroxylation is 1. The Balaban J connectivity index is 1.56. The van der Waals surface area contributed by atoms with Crippen LogP contribution in [0.2, 0.25) is 0 Å². The Hall–Kier alpha value is -0.870. The van der Waals surface area contributed by atoms with Crippen LogP contribution in [0.15, 0.2) is 18.7 Å². The molecule has 1 fully saturated rings. The first kappa shape index (κ1) is 13.6. The van der Waals surface area contributed by atoms with Crippen LogP contribution in [0, 0.1) is 5.92 Å². The van der Waals surface area contributed by atoms with Gasteiger partial charge in [-0.25, -0.2) is 4.98 Å². The molecule has 4 heteroatoms. The molecule has 0 bridgehead atoms. The summed E-state index contributed by atoms with van der Waals surface area (Å²) in [6.07, 6.45) is 11.2. The SMILES string of the molecule is CNCCC1CCN(CCCn2ccnc2)CC1. The maximum atomic E-state index is 4.07. The average molecular weight is 250 g/mol. The molecule has 102 valence electrons. The third kappa shape index (κ3) is 4.42. The van der Waals surface area contributed by atoms with E-state index in [0.717, 1.165) is 12.5 Å². The van der Waals surface area contributed by atoms with Gasteiger partial charge in [0.05, 0.1) is 6.33 Å². The van der Waals surface area contributed by atoms with Gasteiger partial charge in [-0.1, -0.05) is 0 Å². The third-order valence-corrected chi connectivity index (χ3v) is 3.96. The molecule has 1 aromatic heterocycles. The van der Waals surface area contributed by atoms with E-state index in [0.29, 0.717) is 0 Å². The largest absolute Gasteiger partial charge is 0.337 e. The molecule has 0 amide bonds. The number of likely N-dealkylation sites (tertiary alicyclic amines) is 1. The van der Waals surface area contributed by atoms with Crippen molar-refractivity contribution in [3.8, 4) is 0 Å². The van der Waals surface area contributed by atoms with Gasteiger partial charge in [-0.2, -0.15) is 0 Å². The summed E-state index contributed by atoms with van der Waals surface area (Å²) in [4.78, 5) is 6.69. The van der Waals surface area contributed by atoms with E-state index in [1.807, 2.05) is 25.8 Å². The lowest BCUT2D eigenvalue weighted by Gasteiger charge is -2.32. The van der Waals surface area contributed by atoms with Crippen LogP contribution in [0.3, 0.4) is 0 Å². The number of hydrogen-bond acceptors (Lipinski definition) is 3. The summed E-state index contributed by atoms with van der Waals surface area (Å²) in [6.45, 7) is 6.08. The van der Waals surface area contributed by atoms with Crippen LogP contribution < -0.4 is 5.32 Å². The van der Waals surface area contributed by atoms with Gasteiger partial charge < -0.3 is 14.8 Å². The highest BCUT2D eigenvalue weighted by molar-refractivity contribution is 4.75. The molecule has 0 atom stereocenters. The van der Waals surface area contributed by atoms with E-state index in [1.165, 1.54) is 51.9 Å². The minimum absolute atomic E-state index is 0.947. The summed E-state index contributed by atoms with van der Waals surface area (Å²) in [7, 11) is 2.05. The Morgan fingerprint density at radius 1 is 1.28 bits per heavy atom. The number of aromatic nitrogens is 2. The second-order valence-corrected chi connectivity index (χ2v) is 5.33. The number of rotatable bonds is 7. The van der Waals surface area contributed by atoms with Gasteiger partial charge >= 0.3 is 0 Å². The molecule has 0 spiro atoms. The third-order valence-electron chi connectivity index (χ3n) is 3.96. The van der Waals surface area contributed by atoms with Gasteiger partial charge in [0.1, 0.15) is 0 Å². The van der Waals surface area contributed by atoms with E-state index in [2.05, 4.69) is 19.8 Å². The van der Waals surface area contributed by atoms with Gasteiger partial charge in [0.15, 0.2) is 0 Å². The first-order valence-electron chi connectivity index (χ1n) is 7.21. The van der Waals surface area contributed by atoms with Gasteiger partial charge in [-0.15, -0.1) is 0 Å². The molecule has 0 aromatic carbocycles. The van der Waals surface area contributed by atoms with E-state index in [-0.39, 0.29) is 0 Å². The monoisotopic (exact) mass is 250 g/mol. The number of imidazole rings is 1. The van der Waals surface area contributed by atoms with Gasteiger partial charge in [-0.05, 0) is 64.8 Å². The highest BCUT2D eigenvalue weighted by atomic mass is 15.1. The minimum atomic E-state index is 0.947. The molecule has 2 heterocycles. The van der Waals surface area contributed by atoms with Gasteiger partial charge in [-0.3, -0.25) is 0 Å². The lowest BCUT2D eigenvalue weighted by Crippen LogP contribution is -2.35. The topological polar surface area (TPSA) is 33.1 Å². The molecule has 1 aliphatic heterocycles. The quantitative estimate of drug-likeness (QED) is 0.798. The molecular formula is C14H26N4. The molecule has 1 saturated heterocycles. The summed E-state index contributed by atoms with van der Waals surface area (Å²) < 4.78 is 2.17. The first-order valence-corrected chi connectivity index (χ1v) is 7.21. The lowest BCUT2D eigenvalue weighted by atomic mass is 9.93. The Kier molecular flexibility index (Phi) is 5.68. The van der Waals surface area contributed by atoms with Crippen LogP contribution in [0.25, 0.3) is 0 Å². The van der Waals surface area contributed by atoms with Crippen molar-refractivity contribution in [3.63, 3.8) is 0 Å². The zero-order valence-corrected chi connectivity index (χ0v) is 11.5. The second-order valence-electron chi connectivity index (χ2n) is 5.33.